The number of nitrogens with two attached hydrogens (primary N) is 1. The molecule has 0 saturated heterocycles. The number of fused-ring (bicyclic) bond motifs is 1. The number of methoxy groups -OCH3 is 2. The number of phenols is 1. The van der Waals surface area contributed by atoms with Crippen LogP contribution >= 0.6 is 0 Å². The maximum Gasteiger partial charge on any atom is 0.184 e. The van der Waals surface area contributed by atoms with Crippen LogP contribution in [0.5, 0.6) is 23.0 Å². The summed E-state index contributed by atoms with van der Waals surface area (Å²) in [6, 6.07) is 10.7. The highest BCUT2D eigenvalue weighted by Crippen LogP contribution is 2.47. The molecule has 0 saturated carbocycles. The van der Waals surface area contributed by atoms with E-state index < -0.39 is 5.82 Å². The van der Waals surface area contributed by atoms with Crippen LogP contribution in [0.2, 0.25) is 0 Å². The molecule has 0 bridgehead atoms. The number of phenolic OH excluding ortho intramolecular Hbond substituents is 1. The monoisotopic (exact) mass is 536 g/mol. The van der Waals surface area contributed by atoms with Crippen LogP contribution in [0.25, 0.3) is 11.1 Å². The molecule has 0 fully saturated rings. The number of aryl methyl sites for hydroxylation is 1. The van der Waals surface area contributed by atoms with E-state index in [9.17, 15) is 5.11 Å². The number of nitrogens with zero attached hydrogens (tertiary/aromatic N) is 1. The van der Waals surface area contributed by atoms with Crippen LogP contribution in [-0.2, 0) is 19.3 Å². The van der Waals surface area contributed by atoms with Gasteiger partial charge in [0.05, 0.1) is 19.9 Å². The summed E-state index contributed by atoms with van der Waals surface area (Å²) in [6.07, 6.45) is 4.38. The number of hydrogen-bond donors (Lipinski definition) is 2. The molecule has 210 valence electrons. The number of hydrogen-bond acceptors (Lipinski definition) is 6. The van der Waals surface area contributed by atoms with Crippen LogP contribution in [0.4, 0.5) is 10.1 Å². The van der Waals surface area contributed by atoms with Gasteiger partial charge in [0.25, 0.3) is 0 Å². The molecule has 0 heterocycles. The third-order valence-electron chi connectivity index (χ3n) is 7.38. The van der Waals surface area contributed by atoms with E-state index in [1.165, 1.54) is 11.6 Å². The molecule has 7 heteroatoms. The van der Waals surface area contributed by atoms with Crippen LogP contribution in [0.3, 0.4) is 0 Å². The van der Waals surface area contributed by atoms with Crippen molar-refractivity contribution in [2.45, 2.75) is 46.0 Å². The van der Waals surface area contributed by atoms with Gasteiger partial charge in [-0.1, -0.05) is 26.0 Å². The lowest BCUT2D eigenvalue weighted by Gasteiger charge is -2.24. The fourth-order valence-corrected chi connectivity index (χ4v) is 5.59. The minimum atomic E-state index is -0.417. The van der Waals surface area contributed by atoms with Gasteiger partial charge < -0.3 is 30.0 Å². The summed E-state index contributed by atoms with van der Waals surface area (Å²) in [4.78, 5) is 2.18. The number of likely N-dealkylation sites (N-methyl/N-ethyl adjacent to an activating group) is 1. The molecule has 4 rings (SSSR count). The van der Waals surface area contributed by atoms with E-state index in [2.05, 4.69) is 18.7 Å². The van der Waals surface area contributed by atoms with Crippen LogP contribution in [0, 0.1) is 11.7 Å². The van der Waals surface area contributed by atoms with Crippen LogP contribution < -0.4 is 19.9 Å². The molecular weight excluding hydrogens is 495 g/mol. The van der Waals surface area contributed by atoms with Gasteiger partial charge in [-0.2, -0.15) is 0 Å². The first-order valence-electron chi connectivity index (χ1n) is 13.7. The van der Waals surface area contributed by atoms with Crippen molar-refractivity contribution >= 4 is 5.69 Å². The van der Waals surface area contributed by atoms with Gasteiger partial charge >= 0.3 is 0 Å². The molecule has 0 amide bonds. The zero-order chi connectivity index (χ0) is 28.1. The Morgan fingerprint density at radius 2 is 1.79 bits per heavy atom. The van der Waals surface area contributed by atoms with Gasteiger partial charge in [0, 0.05) is 25.1 Å². The average Bonchev–Trinajstić information content (AvgIpc) is 2.90. The maximum absolute atomic E-state index is 15.1. The Morgan fingerprint density at radius 1 is 1.03 bits per heavy atom. The Bertz CT molecular complexity index is 1310. The Kier molecular flexibility index (Phi) is 9.23. The second-order valence-electron chi connectivity index (χ2n) is 10.8. The van der Waals surface area contributed by atoms with Gasteiger partial charge in [-0.25, -0.2) is 4.39 Å². The second-order valence-corrected chi connectivity index (χ2v) is 10.8. The standard InChI is InChI=1S/C32H41FN2O4/c1-20(2)19-35(3)14-15-39-28-13-10-21(17-26(28)33)16-25-24(18-29(37-4)32(38-5)31(25)34)30-23-9-7-6-8-22(23)11-12-27(30)36/h10-13,17-18,20,36H,6-9,14-16,19,34H2,1-5H3. The van der Waals surface area contributed by atoms with Crippen LogP contribution in [0.15, 0.2) is 36.4 Å². The van der Waals surface area contributed by atoms with Crippen molar-refractivity contribution in [1.29, 1.82) is 0 Å². The SMILES string of the molecule is COc1cc(-c2c(O)ccc3c2CCCC3)c(Cc2ccc(OCCN(C)CC(C)C)c(F)c2)c(N)c1OC. The van der Waals surface area contributed by atoms with Crippen LogP contribution in [0.1, 0.15) is 48.9 Å². The summed E-state index contributed by atoms with van der Waals surface area (Å²) in [5, 5.41) is 11.0. The molecule has 1 aliphatic carbocycles. The molecule has 3 aromatic rings. The number of anilines is 1. The highest BCUT2D eigenvalue weighted by Gasteiger charge is 2.25. The summed E-state index contributed by atoms with van der Waals surface area (Å²) in [5.41, 5.74) is 12.5. The maximum atomic E-state index is 15.1. The average molecular weight is 537 g/mol. The first-order chi connectivity index (χ1) is 18.7. The van der Waals surface area contributed by atoms with Crippen molar-refractivity contribution in [1.82, 2.24) is 4.90 Å². The third kappa shape index (κ3) is 6.41. The summed E-state index contributed by atoms with van der Waals surface area (Å²) in [6.45, 7) is 6.42. The number of aromatic hydroxyl groups is 1. The Labute approximate surface area is 231 Å². The number of ether oxygens (including phenoxy) is 3. The molecule has 0 atom stereocenters. The van der Waals surface area contributed by atoms with E-state index >= 15 is 4.39 Å². The summed E-state index contributed by atoms with van der Waals surface area (Å²) in [5.74, 6) is 1.47. The van der Waals surface area contributed by atoms with Crippen molar-refractivity contribution in [3.8, 4) is 34.1 Å². The van der Waals surface area contributed by atoms with Gasteiger partial charge in [0.2, 0.25) is 0 Å². The number of benzene rings is 3. The second kappa shape index (κ2) is 12.6. The van der Waals surface area contributed by atoms with E-state index in [-0.39, 0.29) is 11.5 Å². The quantitative estimate of drug-likeness (QED) is 0.283. The normalized spacial score (nSPS) is 13.0. The van der Waals surface area contributed by atoms with Crippen molar-refractivity contribution in [2.24, 2.45) is 5.92 Å². The van der Waals surface area contributed by atoms with Crippen LogP contribution in [-0.4, -0.2) is 51.0 Å². The van der Waals surface area contributed by atoms with Crippen molar-refractivity contribution < 1.29 is 23.7 Å². The number of rotatable bonds is 11. The lowest BCUT2D eigenvalue weighted by atomic mass is 9.83. The van der Waals surface area contributed by atoms with Gasteiger partial charge in [-0.15, -0.1) is 0 Å². The Hall–Kier alpha value is -3.45. The molecule has 0 aromatic heterocycles. The smallest absolute Gasteiger partial charge is 0.184 e. The first kappa shape index (κ1) is 28.6. The number of halogens is 1. The lowest BCUT2D eigenvalue weighted by molar-refractivity contribution is 0.217. The predicted molar refractivity (Wildman–Crippen MR) is 155 cm³/mol. The first-order valence-corrected chi connectivity index (χ1v) is 13.7. The molecular formula is C32H41FN2O4. The molecule has 39 heavy (non-hydrogen) atoms. The summed E-state index contributed by atoms with van der Waals surface area (Å²) >= 11 is 0. The molecule has 3 N–H and O–H groups in total. The molecule has 0 unspecified atom stereocenters. The highest BCUT2D eigenvalue weighted by atomic mass is 19.1. The highest BCUT2D eigenvalue weighted by molar-refractivity contribution is 5.85. The van der Waals surface area contributed by atoms with Crippen molar-refractivity contribution in [3.63, 3.8) is 0 Å². The topological polar surface area (TPSA) is 77.2 Å². The molecule has 6 nitrogen and oxygen atoms in total. The van der Waals surface area contributed by atoms with Gasteiger partial charge in [-0.05, 0) is 90.7 Å². The zero-order valence-corrected chi connectivity index (χ0v) is 23.8. The Balaban J connectivity index is 1.69. The number of nitrogen functional groups attached to an aromatic ring is 1. The molecule has 1 aliphatic rings. The van der Waals surface area contributed by atoms with E-state index in [0.29, 0.717) is 36.1 Å². The van der Waals surface area contributed by atoms with Gasteiger partial charge in [-0.3, -0.25) is 0 Å². The fourth-order valence-electron chi connectivity index (χ4n) is 5.59. The summed E-state index contributed by atoms with van der Waals surface area (Å²) in [7, 11) is 5.15. The Morgan fingerprint density at radius 3 is 2.49 bits per heavy atom. The third-order valence-corrected chi connectivity index (χ3v) is 7.38. The van der Waals surface area contributed by atoms with E-state index in [0.717, 1.165) is 66.6 Å². The molecule has 0 spiro atoms. The molecule has 0 radical (unpaired) electrons. The minimum absolute atomic E-state index is 0.195. The predicted octanol–water partition coefficient (Wildman–Crippen LogP) is 6.23. The van der Waals surface area contributed by atoms with E-state index in [1.54, 1.807) is 26.4 Å². The van der Waals surface area contributed by atoms with E-state index in [4.69, 9.17) is 19.9 Å². The van der Waals surface area contributed by atoms with Crippen molar-refractivity contribution in [2.75, 3.05) is 46.7 Å². The lowest BCUT2D eigenvalue weighted by Crippen LogP contribution is -2.28. The van der Waals surface area contributed by atoms with Gasteiger partial charge in [0.1, 0.15) is 12.4 Å². The minimum Gasteiger partial charge on any atom is -0.507 e. The van der Waals surface area contributed by atoms with Crippen molar-refractivity contribution in [3.05, 3.63) is 64.5 Å². The molecule has 3 aromatic carbocycles. The van der Waals surface area contributed by atoms with E-state index in [1.807, 2.05) is 25.2 Å². The molecule has 0 aliphatic heterocycles. The summed E-state index contributed by atoms with van der Waals surface area (Å²) < 4.78 is 32.1. The zero-order valence-electron chi connectivity index (χ0n) is 23.8. The largest absolute Gasteiger partial charge is 0.507 e. The fraction of sp³-hybridized carbons (Fsp3) is 0.438. The van der Waals surface area contributed by atoms with Gasteiger partial charge in [0.15, 0.2) is 23.1 Å².